The topological polar surface area (TPSA) is 15.3 Å². The Balaban J connectivity index is 1.81. The van der Waals surface area contributed by atoms with Gasteiger partial charge in [0.05, 0.1) is 0 Å². The van der Waals surface area contributed by atoms with Crippen LogP contribution in [0.2, 0.25) is 5.02 Å². The fraction of sp³-hybridized carbons (Fsp3) is 0.333. The third kappa shape index (κ3) is 2.38. The molecule has 0 bridgehead atoms. The predicted octanol–water partition coefficient (Wildman–Crippen LogP) is 3.43. The molecule has 0 aromatic heterocycles. The average Bonchev–Trinajstić information content (AvgIpc) is 2.54. The molecule has 2 aliphatic rings. The van der Waals surface area contributed by atoms with Crippen LogP contribution in [0.1, 0.15) is 28.7 Å². The van der Waals surface area contributed by atoms with E-state index in [1.54, 1.807) is 0 Å². The maximum atomic E-state index is 6.20. The molecule has 0 amide bonds. The number of piperazine rings is 1. The van der Waals surface area contributed by atoms with Gasteiger partial charge in [-0.2, -0.15) is 0 Å². The zero-order valence-electron chi connectivity index (χ0n) is 11.9. The number of halogens is 1. The minimum atomic E-state index is 0.425. The van der Waals surface area contributed by atoms with Gasteiger partial charge in [-0.15, -0.1) is 0 Å². The molecule has 1 N–H and O–H groups in total. The van der Waals surface area contributed by atoms with Gasteiger partial charge < -0.3 is 5.32 Å². The zero-order valence-corrected chi connectivity index (χ0v) is 12.7. The lowest BCUT2D eigenvalue weighted by atomic mass is 9.81. The SMILES string of the molecule is Clc1cccc(C2CN3CCNCC3c3ccccc32)c1. The second kappa shape index (κ2) is 5.45. The van der Waals surface area contributed by atoms with Crippen LogP contribution in [0.25, 0.3) is 0 Å². The molecule has 2 unspecified atom stereocenters. The van der Waals surface area contributed by atoms with Crippen molar-refractivity contribution < 1.29 is 0 Å². The average molecular weight is 299 g/mol. The van der Waals surface area contributed by atoms with Gasteiger partial charge in [0.2, 0.25) is 0 Å². The maximum Gasteiger partial charge on any atom is 0.0476 e. The summed E-state index contributed by atoms with van der Waals surface area (Å²) in [5.74, 6) is 0.425. The van der Waals surface area contributed by atoms with E-state index in [1.165, 1.54) is 16.7 Å². The maximum absolute atomic E-state index is 6.20. The Morgan fingerprint density at radius 2 is 1.90 bits per heavy atom. The van der Waals surface area contributed by atoms with E-state index in [0.29, 0.717) is 12.0 Å². The van der Waals surface area contributed by atoms with Gasteiger partial charge in [0, 0.05) is 43.2 Å². The smallest absolute Gasteiger partial charge is 0.0476 e. The molecule has 2 aromatic carbocycles. The van der Waals surface area contributed by atoms with Crippen molar-refractivity contribution in [1.82, 2.24) is 10.2 Å². The lowest BCUT2D eigenvalue weighted by Crippen LogP contribution is -2.50. The Labute approximate surface area is 130 Å². The van der Waals surface area contributed by atoms with E-state index in [0.717, 1.165) is 31.2 Å². The summed E-state index contributed by atoms with van der Waals surface area (Å²) < 4.78 is 0. The summed E-state index contributed by atoms with van der Waals surface area (Å²) in [7, 11) is 0. The van der Waals surface area contributed by atoms with E-state index in [1.807, 2.05) is 6.07 Å². The molecule has 3 heteroatoms. The third-order valence-corrected chi connectivity index (χ3v) is 4.99. The van der Waals surface area contributed by atoms with Crippen LogP contribution in [0, 0.1) is 0 Å². The van der Waals surface area contributed by atoms with E-state index in [4.69, 9.17) is 11.6 Å². The van der Waals surface area contributed by atoms with E-state index in [9.17, 15) is 0 Å². The van der Waals surface area contributed by atoms with Crippen LogP contribution in [0.5, 0.6) is 0 Å². The molecule has 108 valence electrons. The summed E-state index contributed by atoms with van der Waals surface area (Å²) in [6, 6.07) is 17.7. The van der Waals surface area contributed by atoms with Crippen molar-refractivity contribution in [2.75, 3.05) is 26.2 Å². The Morgan fingerprint density at radius 3 is 2.76 bits per heavy atom. The van der Waals surface area contributed by atoms with Crippen molar-refractivity contribution in [3.05, 3.63) is 70.2 Å². The minimum absolute atomic E-state index is 0.425. The summed E-state index contributed by atoms with van der Waals surface area (Å²) >= 11 is 6.20. The van der Waals surface area contributed by atoms with Crippen molar-refractivity contribution in [2.24, 2.45) is 0 Å². The van der Waals surface area contributed by atoms with Crippen LogP contribution in [-0.4, -0.2) is 31.1 Å². The first-order valence-electron chi connectivity index (χ1n) is 7.62. The molecule has 2 aromatic rings. The molecule has 2 heterocycles. The summed E-state index contributed by atoms with van der Waals surface area (Å²) in [4.78, 5) is 2.62. The quantitative estimate of drug-likeness (QED) is 0.868. The number of benzene rings is 2. The minimum Gasteiger partial charge on any atom is -0.314 e. The second-order valence-electron chi connectivity index (χ2n) is 5.95. The van der Waals surface area contributed by atoms with Crippen LogP contribution < -0.4 is 5.32 Å². The molecule has 1 saturated heterocycles. The number of hydrogen-bond donors (Lipinski definition) is 1. The molecule has 2 aliphatic heterocycles. The van der Waals surface area contributed by atoms with E-state index < -0.39 is 0 Å². The van der Waals surface area contributed by atoms with Gasteiger partial charge >= 0.3 is 0 Å². The van der Waals surface area contributed by atoms with Crippen molar-refractivity contribution in [1.29, 1.82) is 0 Å². The van der Waals surface area contributed by atoms with Gasteiger partial charge in [-0.05, 0) is 28.8 Å². The number of nitrogens with one attached hydrogen (secondary N) is 1. The number of rotatable bonds is 1. The molecule has 2 nitrogen and oxygen atoms in total. The number of fused-ring (bicyclic) bond motifs is 3. The summed E-state index contributed by atoms with van der Waals surface area (Å²) in [6.45, 7) is 4.35. The highest BCUT2D eigenvalue weighted by Crippen LogP contribution is 2.40. The predicted molar refractivity (Wildman–Crippen MR) is 86.9 cm³/mol. The Bertz CT molecular complexity index is 655. The molecule has 21 heavy (non-hydrogen) atoms. The molecule has 0 spiro atoms. The summed E-state index contributed by atoms with van der Waals surface area (Å²) in [5, 5.41) is 4.35. The normalized spacial score (nSPS) is 25.2. The molecular formula is C18H19ClN2. The molecule has 0 aliphatic carbocycles. The van der Waals surface area contributed by atoms with Gasteiger partial charge in [0.15, 0.2) is 0 Å². The third-order valence-electron chi connectivity index (χ3n) is 4.75. The van der Waals surface area contributed by atoms with Crippen molar-refractivity contribution >= 4 is 11.6 Å². The van der Waals surface area contributed by atoms with Gasteiger partial charge in [-0.1, -0.05) is 48.0 Å². The zero-order chi connectivity index (χ0) is 14.2. The summed E-state index contributed by atoms with van der Waals surface area (Å²) in [5.41, 5.74) is 4.26. The lowest BCUT2D eigenvalue weighted by molar-refractivity contribution is 0.143. The van der Waals surface area contributed by atoms with E-state index in [-0.39, 0.29) is 0 Å². The molecule has 2 atom stereocenters. The Hall–Kier alpha value is -1.35. The van der Waals surface area contributed by atoms with Crippen LogP contribution in [0.3, 0.4) is 0 Å². The Morgan fingerprint density at radius 1 is 1.05 bits per heavy atom. The molecule has 1 fully saturated rings. The highest BCUT2D eigenvalue weighted by Gasteiger charge is 2.34. The van der Waals surface area contributed by atoms with Crippen LogP contribution in [-0.2, 0) is 0 Å². The Kier molecular flexibility index (Phi) is 3.46. The molecule has 4 rings (SSSR count). The van der Waals surface area contributed by atoms with Crippen LogP contribution in [0.15, 0.2) is 48.5 Å². The van der Waals surface area contributed by atoms with Crippen LogP contribution in [0.4, 0.5) is 0 Å². The molecule has 0 radical (unpaired) electrons. The number of nitrogens with zero attached hydrogens (tertiary/aromatic N) is 1. The first kappa shape index (κ1) is 13.3. The summed E-state index contributed by atoms with van der Waals surface area (Å²) in [6.07, 6.45) is 0. The number of hydrogen-bond acceptors (Lipinski definition) is 2. The van der Waals surface area contributed by atoms with E-state index in [2.05, 4.69) is 52.7 Å². The molecular weight excluding hydrogens is 280 g/mol. The highest BCUT2D eigenvalue weighted by molar-refractivity contribution is 6.30. The second-order valence-corrected chi connectivity index (χ2v) is 6.39. The molecule has 0 saturated carbocycles. The highest BCUT2D eigenvalue weighted by atomic mass is 35.5. The van der Waals surface area contributed by atoms with Crippen molar-refractivity contribution in [3.63, 3.8) is 0 Å². The van der Waals surface area contributed by atoms with Gasteiger partial charge in [0.1, 0.15) is 0 Å². The largest absolute Gasteiger partial charge is 0.314 e. The first-order valence-corrected chi connectivity index (χ1v) is 8.00. The van der Waals surface area contributed by atoms with Gasteiger partial charge in [0.25, 0.3) is 0 Å². The van der Waals surface area contributed by atoms with Gasteiger partial charge in [-0.25, -0.2) is 0 Å². The monoisotopic (exact) mass is 298 g/mol. The first-order chi connectivity index (χ1) is 10.3. The lowest BCUT2D eigenvalue weighted by Gasteiger charge is -2.44. The van der Waals surface area contributed by atoms with E-state index >= 15 is 0 Å². The van der Waals surface area contributed by atoms with Crippen molar-refractivity contribution in [2.45, 2.75) is 12.0 Å². The fourth-order valence-electron chi connectivity index (χ4n) is 3.74. The fourth-order valence-corrected chi connectivity index (χ4v) is 3.94. The van der Waals surface area contributed by atoms with Crippen LogP contribution >= 0.6 is 11.6 Å². The van der Waals surface area contributed by atoms with Gasteiger partial charge in [-0.3, -0.25) is 4.90 Å². The van der Waals surface area contributed by atoms with Crippen molar-refractivity contribution in [3.8, 4) is 0 Å². The standard InChI is InChI=1S/C18H19ClN2/c19-14-5-3-4-13(10-14)17-12-21-9-8-20-11-18(21)16-7-2-1-6-15(16)17/h1-7,10,17-18,20H,8-9,11-12H2.